The van der Waals surface area contributed by atoms with Crippen LogP contribution in [-0.2, 0) is 6.42 Å². The molecule has 3 heteroatoms. The Bertz CT molecular complexity index is 2000. The molecule has 0 spiro atoms. The second kappa shape index (κ2) is 25.2. The Morgan fingerprint density at radius 2 is 0.722 bits per heavy atom. The van der Waals surface area contributed by atoms with Crippen LogP contribution in [0.3, 0.4) is 0 Å². The molecule has 0 aromatic heterocycles. The van der Waals surface area contributed by atoms with Crippen LogP contribution in [0, 0.1) is 27.7 Å². The first-order valence-electron chi connectivity index (χ1n) is 20.1. The van der Waals surface area contributed by atoms with E-state index in [0.717, 1.165) is 45.4 Å². The van der Waals surface area contributed by atoms with Crippen LogP contribution < -0.4 is 16.3 Å². The summed E-state index contributed by atoms with van der Waals surface area (Å²) in [6.45, 7) is 10.0. The van der Waals surface area contributed by atoms with Crippen molar-refractivity contribution in [2.75, 3.05) is 0 Å². The maximum Gasteiger partial charge on any atom is 0.182 e. The number of rotatable bonds is 15. The number of unbranched alkanes of at least 4 members (excludes halogenated alkanes) is 11. The number of benzene rings is 2. The van der Waals surface area contributed by atoms with Crippen LogP contribution in [0.1, 0.15) is 112 Å². The van der Waals surface area contributed by atoms with Crippen molar-refractivity contribution in [3.8, 4) is 22.3 Å². The van der Waals surface area contributed by atoms with Gasteiger partial charge in [-0.1, -0.05) is 192 Å². The van der Waals surface area contributed by atoms with Crippen molar-refractivity contribution in [1.29, 1.82) is 0 Å². The van der Waals surface area contributed by atoms with Crippen LogP contribution in [0.2, 0.25) is 0 Å². The van der Waals surface area contributed by atoms with E-state index in [9.17, 15) is 14.4 Å². The molecule has 0 saturated heterocycles. The van der Waals surface area contributed by atoms with Crippen molar-refractivity contribution in [3.63, 3.8) is 0 Å². The van der Waals surface area contributed by atoms with Gasteiger partial charge < -0.3 is 0 Å². The molecule has 0 unspecified atom stereocenters. The van der Waals surface area contributed by atoms with Gasteiger partial charge in [0.1, 0.15) is 0 Å². The first-order chi connectivity index (χ1) is 26.2. The zero-order chi connectivity index (χ0) is 39.0. The highest BCUT2D eigenvalue weighted by atomic mass is 16.1. The monoisotopic (exact) mass is 722 g/mol. The molecular formula is C51H62O3. The van der Waals surface area contributed by atoms with E-state index in [1.165, 1.54) is 88.2 Å². The third-order valence-corrected chi connectivity index (χ3v) is 10.0. The Morgan fingerprint density at radius 1 is 0.352 bits per heavy atom. The summed E-state index contributed by atoms with van der Waals surface area (Å²) < 4.78 is 0. The minimum absolute atomic E-state index is 0.0823. The summed E-state index contributed by atoms with van der Waals surface area (Å²) in [6.07, 6.45) is 17.6. The van der Waals surface area contributed by atoms with Crippen LogP contribution in [-0.4, -0.2) is 0 Å². The fraction of sp³-hybridized carbons (Fsp3) is 0.353. The molecular weight excluding hydrogens is 661 g/mol. The van der Waals surface area contributed by atoms with Crippen molar-refractivity contribution in [3.05, 3.63) is 186 Å². The standard InChI is InChI=1S/C22H36O.C15H14O.C14H12O/c1-3-4-5-6-7-8-9-10-11-12-13-14-17-21-18-15-16-19-22(23)20(21)2;1-11-7-9-13(10-8-11)14-5-3-4-6-15(16)12(14)2;1-11-13(9-5-6-10-14(11)15)12-7-3-2-4-8-12/h15-16,18-19H,3-14,17H2,1-2H3;3-10H,1-2H3;2-10H,1H3. The summed E-state index contributed by atoms with van der Waals surface area (Å²) in [7, 11) is 0. The molecule has 0 aliphatic rings. The lowest BCUT2D eigenvalue weighted by molar-refractivity contribution is 0.544. The molecule has 0 aliphatic carbocycles. The summed E-state index contributed by atoms with van der Waals surface area (Å²) in [6, 6.07) is 40.3. The molecule has 0 saturated carbocycles. The van der Waals surface area contributed by atoms with E-state index in [2.05, 4.69) is 44.2 Å². The van der Waals surface area contributed by atoms with Crippen LogP contribution >= 0.6 is 0 Å². The molecule has 0 fully saturated rings. The number of hydrogen-bond acceptors (Lipinski definition) is 3. The zero-order valence-corrected chi connectivity index (χ0v) is 33.5. The maximum atomic E-state index is 11.8. The molecule has 0 N–H and O–H groups in total. The molecule has 5 rings (SSSR count). The normalized spacial score (nSPS) is 10.4. The molecule has 0 bridgehead atoms. The second-order valence-electron chi connectivity index (χ2n) is 14.3. The smallest absolute Gasteiger partial charge is 0.182 e. The van der Waals surface area contributed by atoms with Gasteiger partial charge in [-0.2, -0.15) is 0 Å². The number of aryl methyl sites for hydroxylation is 2. The van der Waals surface area contributed by atoms with Gasteiger partial charge >= 0.3 is 0 Å². The molecule has 5 aromatic carbocycles. The van der Waals surface area contributed by atoms with Gasteiger partial charge in [-0.3, -0.25) is 14.4 Å². The molecule has 0 heterocycles. The van der Waals surface area contributed by atoms with E-state index in [1.807, 2.05) is 87.5 Å². The average molecular weight is 723 g/mol. The first kappa shape index (κ1) is 43.5. The van der Waals surface area contributed by atoms with Crippen LogP contribution in [0.25, 0.3) is 22.3 Å². The average Bonchev–Trinajstić information content (AvgIpc) is 3.54. The number of hydrogen-bond donors (Lipinski definition) is 0. The fourth-order valence-electron chi connectivity index (χ4n) is 6.48. The molecule has 0 atom stereocenters. The molecule has 3 nitrogen and oxygen atoms in total. The lowest BCUT2D eigenvalue weighted by Gasteiger charge is -2.04. The predicted molar refractivity (Wildman–Crippen MR) is 233 cm³/mol. The summed E-state index contributed by atoms with van der Waals surface area (Å²) in [5, 5.41) is 0. The Hall–Kier alpha value is -4.89. The summed E-state index contributed by atoms with van der Waals surface area (Å²) in [5.41, 5.74) is 9.51. The minimum atomic E-state index is 0.0823. The quantitative estimate of drug-likeness (QED) is 0.101. The van der Waals surface area contributed by atoms with Gasteiger partial charge in [0, 0.05) is 11.1 Å². The summed E-state index contributed by atoms with van der Waals surface area (Å²) in [4.78, 5) is 35.1. The first-order valence-corrected chi connectivity index (χ1v) is 20.1. The minimum Gasteiger partial charge on any atom is -0.290 e. The Kier molecular flexibility index (Phi) is 20.3. The lowest BCUT2D eigenvalue weighted by Crippen LogP contribution is -2.02. The van der Waals surface area contributed by atoms with E-state index < -0.39 is 0 Å². The summed E-state index contributed by atoms with van der Waals surface area (Å²) in [5.74, 6) is 0. The van der Waals surface area contributed by atoms with Gasteiger partial charge in [0.2, 0.25) is 0 Å². The summed E-state index contributed by atoms with van der Waals surface area (Å²) >= 11 is 0. The molecule has 0 aliphatic heterocycles. The fourth-order valence-corrected chi connectivity index (χ4v) is 6.48. The van der Waals surface area contributed by atoms with Gasteiger partial charge in [0.25, 0.3) is 0 Å². The molecule has 0 amide bonds. The van der Waals surface area contributed by atoms with Crippen molar-refractivity contribution >= 4 is 0 Å². The van der Waals surface area contributed by atoms with Crippen LogP contribution in [0.4, 0.5) is 0 Å². The van der Waals surface area contributed by atoms with Crippen LogP contribution in [0.5, 0.6) is 0 Å². The molecule has 284 valence electrons. The van der Waals surface area contributed by atoms with Gasteiger partial charge in [-0.05, 0) is 92.1 Å². The highest BCUT2D eigenvalue weighted by Crippen LogP contribution is 2.21. The van der Waals surface area contributed by atoms with E-state index in [0.29, 0.717) is 0 Å². The van der Waals surface area contributed by atoms with E-state index in [1.54, 1.807) is 30.3 Å². The zero-order valence-electron chi connectivity index (χ0n) is 33.5. The van der Waals surface area contributed by atoms with Gasteiger partial charge in [0.05, 0.1) is 0 Å². The van der Waals surface area contributed by atoms with Gasteiger partial charge in [-0.25, -0.2) is 0 Å². The van der Waals surface area contributed by atoms with E-state index in [-0.39, 0.29) is 16.3 Å². The van der Waals surface area contributed by atoms with Crippen molar-refractivity contribution in [1.82, 2.24) is 0 Å². The van der Waals surface area contributed by atoms with E-state index >= 15 is 0 Å². The lowest BCUT2D eigenvalue weighted by atomic mass is 10.0. The SMILES string of the molecule is CCCCCCCCCCCCCCc1ccccc(=O)c1C.Cc1c(-c2ccccc2)ccccc1=O.Cc1ccc(-c2ccccc(=O)c2C)cc1. The van der Waals surface area contributed by atoms with Crippen molar-refractivity contribution in [2.24, 2.45) is 0 Å². The Morgan fingerprint density at radius 3 is 1.20 bits per heavy atom. The maximum absolute atomic E-state index is 11.8. The largest absolute Gasteiger partial charge is 0.290 e. The molecule has 0 radical (unpaired) electrons. The third-order valence-electron chi connectivity index (χ3n) is 10.0. The van der Waals surface area contributed by atoms with Crippen molar-refractivity contribution < 1.29 is 0 Å². The second-order valence-corrected chi connectivity index (χ2v) is 14.3. The third kappa shape index (κ3) is 15.6. The molecule has 54 heavy (non-hydrogen) atoms. The topological polar surface area (TPSA) is 51.2 Å². The van der Waals surface area contributed by atoms with Gasteiger partial charge in [-0.15, -0.1) is 0 Å². The van der Waals surface area contributed by atoms with E-state index in [4.69, 9.17) is 0 Å². The highest BCUT2D eigenvalue weighted by molar-refractivity contribution is 5.67. The molecule has 5 aromatic rings. The highest BCUT2D eigenvalue weighted by Gasteiger charge is 2.04. The van der Waals surface area contributed by atoms with Crippen molar-refractivity contribution in [2.45, 2.75) is 118 Å². The van der Waals surface area contributed by atoms with Crippen LogP contribution in [0.15, 0.2) is 142 Å². The predicted octanol–water partition coefficient (Wildman–Crippen LogP) is 13.0. The van der Waals surface area contributed by atoms with Gasteiger partial charge in [0.15, 0.2) is 16.3 Å². The Labute approximate surface area is 325 Å². The Balaban J connectivity index is 0.000000224.